The number of carboxylic acid groups (broad SMARTS) is 1. The number of nitrogens with one attached hydrogen (secondary N) is 3. The molecule has 4 unspecified atom stereocenters. The molecule has 2 aromatic rings. The quantitative estimate of drug-likeness (QED) is 0.134. The maximum atomic E-state index is 13.2. The molecule has 10 N–H and O–H groups in total. The van der Waals surface area contributed by atoms with Crippen LogP contribution < -0.4 is 27.4 Å². The average Bonchev–Trinajstić information content (AvgIpc) is 2.87. The van der Waals surface area contributed by atoms with Crippen molar-refractivity contribution in [3.63, 3.8) is 0 Å². The van der Waals surface area contributed by atoms with E-state index in [0.717, 1.165) is 0 Å². The summed E-state index contributed by atoms with van der Waals surface area (Å²) in [6, 6.07) is 9.20. The van der Waals surface area contributed by atoms with Gasteiger partial charge in [-0.1, -0.05) is 42.5 Å². The van der Waals surface area contributed by atoms with Crippen LogP contribution in [0.5, 0.6) is 5.75 Å². The van der Waals surface area contributed by atoms with Crippen molar-refractivity contribution >= 4 is 29.6 Å². The minimum absolute atomic E-state index is 0.00362. The second kappa shape index (κ2) is 14.3. The monoisotopic (exact) mass is 529 g/mol. The highest BCUT2D eigenvalue weighted by Gasteiger charge is 2.31. The minimum Gasteiger partial charge on any atom is -0.508 e. The van der Waals surface area contributed by atoms with Gasteiger partial charge in [-0.25, -0.2) is 4.79 Å². The van der Waals surface area contributed by atoms with Crippen molar-refractivity contribution in [2.45, 2.75) is 43.4 Å². The fraction of sp³-hybridized carbons (Fsp3) is 0.320. The molecule has 0 aliphatic carbocycles. The number of phenolic OH excluding ortho intramolecular Hbond substituents is 1. The van der Waals surface area contributed by atoms with Crippen molar-refractivity contribution in [3.05, 3.63) is 65.7 Å². The van der Waals surface area contributed by atoms with Gasteiger partial charge in [0.15, 0.2) is 0 Å². The smallest absolute Gasteiger partial charge is 0.328 e. The number of carboxylic acids is 1. The van der Waals surface area contributed by atoms with E-state index in [9.17, 15) is 29.1 Å². The molecular formula is C25H31N5O8. The van der Waals surface area contributed by atoms with Crippen LogP contribution in [-0.4, -0.2) is 75.7 Å². The molecule has 13 nitrogen and oxygen atoms in total. The Labute approximate surface area is 218 Å². The number of aliphatic carboxylic acids is 1. The third-order valence-corrected chi connectivity index (χ3v) is 5.48. The molecule has 13 heteroatoms. The number of aromatic hydroxyl groups is 1. The first-order valence-electron chi connectivity index (χ1n) is 11.6. The molecule has 0 heterocycles. The molecule has 0 aromatic heterocycles. The van der Waals surface area contributed by atoms with Crippen molar-refractivity contribution in [1.82, 2.24) is 16.0 Å². The molecule has 204 valence electrons. The van der Waals surface area contributed by atoms with Gasteiger partial charge in [0.1, 0.15) is 23.9 Å². The van der Waals surface area contributed by atoms with Crippen LogP contribution >= 0.6 is 0 Å². The van der Waals surface area contributed by atoms with Crippen LogP contribution in [0, 0.1) is 0 Å². The van der Waals surface area contributed by atoms with Crippen molar-refractivity contribution in [3.8, 4) is 5.75 Å². The number of amides is 4. The van der Waals surface area contributed by atoms with Crippen LogP contribution in [0.4, 0.5) is 0 Å². The number of hydrogen-bond donors (Lipinski definition) is 8. The zero-order valence-electron chi connectivity index (χ0n) is 20.4. The second-order valence-corrected chi connectivity index (χ2v) is 8.54. The highest BCUT2D eigenvalue weighted by atomic mass is 16.4. The molecule has 0 spiro atoms. The number of benzene rings is 2. The maximum Gasteiger partial charge on any atom is 0.328 e. The van der Waals surface area contributed by atoms with E-state index in [4.69, 9.17) is 21.7 Å². The van der Waals surface area contributed by atoms with Crippen LogP contribution in [0.25, 0.3) is 0 Å². The van der Waals surface area contributed by atoms with E-state index in [1.807, 2.05) is 5.32 Å². The van der Waals surface area contributed by atoms with Gasteiger partial charge in [-0.2, -0.15) is 0 Å². The van der Waals surface area contributed by atoms with Crippen LogP contribution in [0.1, 0.15) is 17.5 Å². The summed E-state index contributed by atoms with van der Waals surface area (Å²) in [5.74, 6) is -5.02. The van der Waals surface area contributed by atoms with Gasteiger partial charge in [-0.3, -0.25) is 19.2 Å². The highest BCUT2D eigenvalue weighted by molar-refractivity contribution is 5.96. The largest absolute Gasteiger partial charge is 0.508 e. The molecule has 4 atom stereocenters. The molecule has 2 rings (SSSR count). The Morgan fingerprint density at radius 2 is 1.26 bits per heavy atom. The number of nitrogens with two attached hydrogens (primary N) is 2. The van der Waals surface area contributed by atoms with Gasteiger partial charge in [-0.15, -0.1) is 0 Å². The minimum atomic E-state index is -1.67. The van der Waals surface area contributed by atoms with Crippen LogP contribution in [0.15, 0.2) is 54.6 Å². The lowest BCUT2D eigenvalue weighted by molar-refractivity contribution is -0.143. The van der Waals surface area contributed by atoms with Gasteiger partial charge in [0.05, 0.1) is 19.1 Å². The number of aliphatic hydroxyl groups excluding tert-OH is 1. The number of primary amides is 1. The topological polar surface area (TPSA) is 234 Å². The van der Waals surface area contributed by atoms with E-state index < -0.39 is 66.8 Å². The van der Waals surface area contributed by atoms with E-state index in [2.05, 4.69) is 10.6 Å². The molecule has 0 fully saturated rings. The second-order valence-electron chi connectivity index (χ2n) is 8.54. The number of hydrogen-bond acceptors (Lipinski definition) is 8. The summed E-state index contributed by atoms with van der Waals surface area (Å²) >= 11 is 0. The predicted molar refractivity (Wildman–Crippen MR) is 134 cm³/mol. The van der Waals surface area contributed by atoms with Crippen molar-refractivity contribution in [1.29, 1.82) is 0 Å². The van der Waals surface area contributed by atoms with Crippen LogP contribution in [0.2, 0.25) is 0 Å². The fourth-order valence-corrected chi connectivity index (χ4v) is 3.46. The molecule has 0 aliphatic rings. The average molecular weight is 530 g/mol. The molecule has 0 saturated carbocycles. The lowest BCUT2D eigenvalue weighted by Gasteiger charge is -2.24. The molecule has 4 amide bonds. The summed E-state index contributed by atoms with van der Waals surface area (Å²) in [4.78, 5) is 61.3. The normalized spacial score (nSPS) is 13.8. The Bertz CT molecular complexity index is 1130. The van der Waals surface area contributed by atoms with Crippen LogP contribution in [-0.2, 0) is 36.8 Å². The molecule has 2 aromatic carbocycles. The molecule has 38 heavy (non-hydrogen) atoms. The zero-order chi connectivity index (χ0) is 28.2. The van der Waals surface area contributed by atoms with Gasteiger partial charge in [0.2, 0.25) is 23.6 Å². The lowest BCUT2D eigenvalue weighted by atomic mass is 10.0. The van der Waals surface area contributed by atoms with E-state index in [1.165, 1.54) is 12.1 Å². The summed E-state index contributed by atoms with van der Waals surface area (Å²) in [5.41, 5.74) is 12.6. The molecule has 0 saturated heterocycles. The maximum absolute atomic E-state index is 13.2. The van der Waals surface area contributed by atoms with Gasteiger partial charge in [0.25, 0.3) is 0 Å². The SMILES string of the molecule is NC(=O)CC(NC(=O)C(Cc1ccccc1)NC(=O)C(N)Cc1ccc(O)cc1)C(=O)NC(CO)C(=O)O. The summed E-state index contributed by atoms with van der Waals surface area (Å²) in [7, 11) is 0. The number of rotatable bonds is 14. The number of carbonyl (C=O) groups is 5. The van der Waals surface area contributed by atoms with Crippen LogP contribution in [0.3, 0.4) is 0 Å². The Morgan fingerprint density at radius 1 is 0.737 bits per heavy atom. The van der Waals surface area contributed by atoms with Crippen molar-refractivity contribution < 1.29 is 39.3 Å². The van der Waals surface area contributed by atoms with Crippen molar-refractivity contribution in [2.75, 3.05) is 6.61 Å². The van der Waals surface area contributed by atoms with E-state index >= 15 is 0 Å². The predicted octanol–water partition coefficient (Wildman–Crippen LogP) is -2.09. The summed E-state index contributed by atoms with van der Waals surface area (Å²) in [6.07, 6.45) is -0.554. The number of carbonyl (C=O) groups excluding carboxylic acids is 4. The summed E-state index contributed by atoms with van der Waals surface area (Å²) in [6.45, 7) is -0.927. The van der Waals surface area contributed by atoms with Gasteiger partial charge < -0.3 is 42.7 Å². The fourth-order valence-electron chi connectivity index (χ4n) is 3.46. The Kier molecular flexibility index (Phi) is 11.2. The Morgan fingerprint density at radius 3 is 1.82 bits per heavy atom. The number of aliphatic hydroxyl groups is 1. The summed E-state index contributed by atoms with van der Waals surface area (Å²) in [5, 5.41) is 34.6. The van der Waals surface area contributed by atoms with Crippen molar-refractivity contribution in [2.24, 2.45) is 11.5 Å². The Balaban J connectivity index is 2.20. The van der Waals surface area contributed by atoms with Gasteiger partial charge in [-0.05, 0) is 29.7 Å². The van der Waals surface area contributed by atoms with Gasteiger partial charge in [0, 0.05) is 6.42 Å². The third-order valence-electron chi connectivity index (χ3n) is 5.48. The van der Waals surface area contributed by atoms with E-state index in [-0.39, 0.29) is 18.6 Å². The first kappa shape index (κ1) is 29.7. The number of phenols is 1. The zero-order valence-corrected chi connectivity index (χ0v) is 20.4. The Hall–Kier alpha value is -4.49. The molecule has 0 aliphatic heterocycles. The molecule has 0 radical (unpaired) electrons. The summed E-state index contributed by atoms with van der Waals surface area (Å²) < 4.78 is 0. The molecule has 0 bridgehead atoms. The van der Waals surface area contributed by atoms with Gasteiger partial charge >= 0.3 is 5.97 Å². The highest BCUT2D eigenvalue weighted by Crippen LogP contribution is 2.11. The molecular weight excluding hydrogens is 498 g/mol. The van der Waals surface area contributed by atoms with E-state index in [1.54, 1.807) is 42.5 Å². The first-order chi connectivity index (χ1) is 18.0. The standard InChI is InChI=1S/C25H31N5O8/c26-17(10-15-6-8-16(32)9-7-15)22(34)28-18(11-14-4-2-1-3-5-14)23(35)29-19(12-21(27)33)24(36)30-20(13-31)25(37)38/h1-9,17-20,31-32H,10-13,26H2,(H2,27,33)(H,28,34)(H,29,35)(H,30,36)(H,37,38). The third kappa shape index (κ3) is 9.52. The van der Waals surface area contributed by atoms with E-state index in [0.29, 0.717) is 11.1 Å². The lowest BCUT2D eigenvalue weighted by Crippen LogP contribution is -2.58. The first-order valence-corrected chi connectivity index (χ1v) is 11.6.